The molecule has 0 bridgehead atoms. The van der Waals surface area contributed by atoms with Crippen LogP contribution in [0.1, 0.15) is 12.5 Å². The van der Waals surface area contributed by atoms with Gasteiger partial charge >= 0.3 is 0 Å². The number of nitrogens with zero attached hydrogens (tertiary/aromatic N) is 6. The predicted octanol–water partition coefficient (Wildman–Crippen LogP) is 3.11. The maximum atomic E-state index is 12.8. The minimum Gasteiger partial charge on any atom is -0.368 e. The van der Waals surface area contributed by atoms with Crippen LogP contribution in [-0.4, -0.2) is 62.5 Å². The van der Waals surface area contributed by atoms with E-state index in [1.807, 2.05) is 21.6 Å². The largest absolute Gasteiger partial charge is 0.368 e. The number of benzene rings is 1. The smallest absolute Gasteiger partial charge is 0.233 e. The van der Waals surface area contributed by atoms with E-state index in [1.54, 1.807) is 12.4 Å². The van der Waals surface area contributed by atoms with Crippen LogP contribution in [0.2, 0.25) is 0 Å². The summed E-state index contributed by atoms with van der Waals surface area (Å²) in [6.45, 7) is 8.12. The van der Waals surface area contributed by atoms with E-state index < -0.39 is 0 Å². The van der Waals surface area contributed by atoms with Crippen molar-refractivity contribution in [3.05, 3.63) is 54.4 Å². The quantitative estimate of drug-likeness (QED) is 0.569. The third-order valence-electron chi connectivity index (χ3n) is 5.30. The molecule has 156 valence electrons. The molecule has 1 aliphatic rings. The average molecular weight is 423 g/mol. The van der Waals surface area contributed by atoms with Crippen LogP contribution in [0, 0.1) is 6.92 Å². The molecule has 1 fully saturated rings. The molecule has 2 aromatic heterocycles. The molecule has 0 unspecified atom stereocenters. The Labute approximate surface area is 181 Å². The lowest BCUT2D eigenvalue weighted by Crippen LogP contribution is -2.49. The van der Waals surface area contributed by atoms with Gasteiger partial charge in [-0.25, -0.2) is 0 Å². The van der Waals surface area contributed by atoms with Gasteiger partial charge in [-0.2, -0.15) is 0 Å². The number of hydrogen-bond acceptors (Lipinski definition) is 6. The number of aromatic nitrogens is 4. The van der Waals surface area contributed by atoms with Crippen LogP contribution in [0.25, 0.3) is 11.4 Å². The van der Waals surface area contributed by atoms with Gasteiger partial charge in [0.05, 0.1) is 5.75 Å². The molecule has 3 aromatic rings. The minimum atomic E-state index is 0.153. The summed E-state index contributed by atoms with van der Waals surface area (Å²) < 4.78 is 2.04. The molecule has 4 rings (SSSR count). The molecular weight excluding hydrogens is 396 g/mol. The highest BCUT2D eigenvalue weighted by Crippen LogP contribution is 2.24. The van der Waals surface area contributed by atoms with Crippen LogP contribution in [0.4, 0.5) is 5.69 Å². The van der Waals surface area contributed by atoms with E-state index >= 15 is 0 Å². The standard InChI is InChI=1S/C22H26N6OS/c1-3-28-21(18-7-9-23-10-8-18)24-25-22(28)30-16-20(29)27-13-11-26(12-14-27)19-6-4-5-17(2)15-19/h4-10,15H,3,11-14,16H2,1-2H3. The Balaban J connectivity index is 1.34. The van der Waals surface area contributed by atoms with Crippen molar-refractivity contribution in [2.75, 3.05) is 36.8 Å². The van der Waals surface area contributed by atoms with Gasteiger partial charge in [0.25, 0.3) is 0 Å². The van der Waals surface area contributed by atoms with Crippen molar-refractivity contribution in [2.45, 2.75) is 25.5 Å². The number of thioether (sulfide) groups is 1. The third-order valence-corrected chi connectivity index (χ3v) is 6.25. The zero-order valence-corrected chi connectivity index (χ0v) is 18.2. The number of aryl methyl sites for hydroxylation is 1. The second kappa shape index (κ2) is 9.30. The monoisotopic (exact) mass is 422 g/mol. The highest BCUT2D eigenvalue weighted by atomic mass is 32.2. The van der Waals surface area contributed by atoms with Gasteiger partial charge in [-0.1, -0.05) is 23.9 Å². The molecule has 0 spiro atoms. The number of rotatable bonds is 6. The van der Waals surface area contributed by atoms with Crippen LogP contribution in [0.5, 0.6) is 0 Å². The highest BCUT2D eigenvalue weighted by Gasteiger charge is 2.22. The van der Waals surface area contributed by atoms with Crippen LogP contribution < -0.4 is 4.90 Å². The molecular formula is C22H26N6OS. The lowest BCUT2D eigenvalue weighted by molar-refractivity contribution is -0.128. The highest BCUT2D eigenvalue weighted by molar-refractivity contribution is 7.99. The van der Waals surface area contributed by atoms with Crippen molar-refractivity contribution in [1.82, 2.24) is 24.6 Å². The van der Waals surface area contributed by atoms with Gasteiger partial charge in [0.1, 0.15) is 0 Å². The Morgan fingerprint density at radius 3 is 2.53 bits per heavy atom. The fourth-order valence-corrected chi connectivity index (χ4v) is 4.56. The van der Waals surface area contributed by atoms with Crippen molar-refractivity contribution < 1.29 is 4.79 Å². The molecule has 0 N–H and O–H groups in total. The van der Waals surface area contributed by atoms with Crippen molar-refractivity contribution in [1.29, 1.82) is 0 Å². The Bertz CT molecular complexity index is 998. The first-order chi connectivity index (χ1) is 14.7. The first-order valence-electron chi connectivity index (χ1n) is 10.2. The van der Waals surface area contributed by atoms with E-state index in [2.05, 4.69) is 58.2 Å². The maximum Gasteiger partial charge on any atom is 0.233 e. The fourth-order valence-electron chi connectivity index (χ4n) is 3.65. The maximum absolute atomic E-state index is 12.8. The van der Waals surface area contributed by atoms with Gasteiger partial charge in [-0.15, -0.1) is 10.2 Å². The van der Waals surface area contributed by atoms with Gasteiger partial charge < -0.3 is 14.4 Å². The van der Waals surface area contributed by atoms with Gasteiger partial charge in [0, 0.05) is 56.4 Å². The summed E-state index contributed by atoms with van der Waals surface area (Å²) in [6.07, 6.45) is 3.49. The lowest BCUT2D eigenvalue weighted by atomic mass is 10.2. The fraction of sp³-hybridized carbons (Fsp3) is 0.364. The predicted molar refractivity (Wildman–Crippen MR) is 120 cm³/mol. The molecule has 0 atom stereocenters. The second-order valence-electron chi connectivity index (χ2n) is 7.28. The average Bonchev–Trinajstić information content (AvgIpc) is 3.21. The second-order valence-corrected chi connectivity index (χ2v) is 8.22. The first-order valence-corrected chi connectivity index (χ1v) is 11.2. The van der Waals surface area contributed by atoms with Gasteiger partial charge in [0.15, 0.2) is 11.0 Å². The van der Waals surface area contributed by atoms with Crippen LogP contribution in [0.15, 0.2) is 53.9 Å². The molecule has 1 aromatic carbocycles. The molecule has 3 heterocycles. The molecule has 0 saturated carbocycles. The summed E-state index contributed by atoms with van der Waals surface area (Å²) in [5.41, 5.74) is 3.47. The van der Waals surface area contributed by atoms with E-state index in [9.17, 15) is 4.79 Å². The number of carbonyl (C=O) groups is 1. The van der Waals surface area contributed by atoms with E-state index in [0.717, 1.165) is 49.3 Å². The Hall–Kier alpha value is -2.87. The number of anilines is 1. The number of amides is 1. The van der Waals surface area contributed by atoms with Crippen LogP contribution in [0.3, 0.4) is 0 Å². The Kier molecular flexibility index (Phi) is 6.32. The number of pyridine rings is 1. The van der Waals surface area contributed by atoms with Crippen molar-refractivity contribution in [3.63, 3.8) is 0 Å². The van der Waals surface area contributed by atoms with Crippen LogP contribution >= 0.6 is 11.8 Å². The normalized spacial score (nSPS) is 14.2. The molecule has 8 heteroatoms. The molecule has 0 radical (unpaired) electrons. The molecule has 1 aliphatic heterocycles. The summed E-state index contributed by atoms with van der Waals surface area (Å²) in [7, 11) is 0. The summed E-state index contributed by atoms with van der Waals surface area (Å²) in [4.78, 5) is 21.1. The number of hydrogen-bond donors (Lipinski definition) is 0. The van der Waals surface area contributed by atoms with E-state index in [1.165, 1.54) is 23.0 Å². The minimum absolute atomic E-state index is 0.153. The van der Waals surface area contributed by atoms with Gasteiger partial charge in [0.2, 0.25) is 5.91 Å². The zero-order valence-electron chi connectivity index (χ0n) is 17.4. The molecule has 7 nitrogen and oxygen atoms in total. The molecule has 1 amide bonds. The zero-order chi connectivity index (χ0) is 20.9. The van der Waals surface area contributed by atoms with Gasteiger partial charge in [-0.3, -0.25) is 9.78 Å². The number of piperazine rings is 1. The topological polar surface area (TPSA) is 67.2 Å². The lowest BCUT2D eigenvalue weighted by Gasteiger charge is -2.36. The van der Waals surface area contributed by atoms with Crippen molar-refractivity contribution in [3.8, 4) is 11.4 Å². The summed E-state index contributed by atoms with van der Waals surface area (Å²) in [5, 5.41) is 9.42. The molecule has 1 saturated heterocycles. The SMILES string of the molecule is CCn1c(SCC(=O)N2CCN(c3cccc(C)c3)CC2)nnc1-c1ccncc1. The summed E-state index contributed by atoms with van der Waals surface area (Å²) in [5.74, 6) is 1.33. The number of carbonyl (C=O) groups excluding carboxylic acids is 1. The van der Waals surface area contributed by atoms with Crippen molar-refractivity contribution >= 4 is 23.4 Å². The Morgan fingerprint density at radius 2 is 1.83 bits per heavy atom. The van der Waals surface area contributed by atoms with E-state index in [4.69, 9.17) is 0 Å². The summed E-state index contributed by atoms with van der Waals surface area (Å²) in [6, 6.07) is 12.4. The molecule has 0 aliphatic carbocycles. The van der Waals surface area contributed by atoms with E-state index in [0.29, 0.717) is 5.75 Å². The summed E-state index contributed by atoms with van der Waals surface area (Å²) >= 11 is 1.46. The first kappa shape index (κ1) is 20.4. The molecule has 30 heavy (non-hydrogen) atoms. The van der Waals surface area contributed by atoms with Crippen molar-refractivity contribution in [2.24, 2.45) is 0 Å². The van der Waals surface area contributed by atoms with Gasteiger partial charge in [-0.05, 0) is 43.7 Å². The van der Waals surface area contributed by atoms with Crippen LogP contribution in [-0.2, 0) is 11.3 Å². The van der Waals surface area contributed by atoms with E-state index in [-0.39, 0.29) is 5.91 Å². The Morgan fingerprint density at radius 1 is 1.07 bits per heavy atom. The third kappa shape index (κ3) is 4.48.